The van der Waals surface area contributed by atoms with E-state index in [1.807, 2.05) is 42.5 Å². The number of hydrogen-bond donors (Lipinski definition) is 2. The molecular weight excluding hydrogens is 410 g/mol. The number of aliphatic hydroxyl groups is 1. The molecule has 0 atom stereocenters. The van der Waals surface area contributed by atoms with Crippen LogP contribution in [-0.2, 0) is 19.6 Å². The Morgan fingerprint density at radius 2 is 1.18 bits per heavy atom. The molecule has 0 saturated heterocycles. The minimum absolute atomic E-state index is 0.215. The van der Waals surface area contributed by atoms with Crippen LogP contribution in [0.5, 0.6) is 11.5 Å². The second-order valence-corrected chi connectivity index (χ2v) is 8.32. The van der Waals surface area contributed by atoms with Gasteiger partial charge in [-0.25, -0.2) is 0 Å². The van der Waals surface area contributed by atoms with Gasteiger partial charge in [-0.05, 0) is 54.6 Å². The van der Waals surface area contributed by atoms with E-state index in [1.165, 1.54) is 37.7 Å². The molecule has 0 bridgehead atoms. The number of rotatable bonds is 16. The summed E-state index contributed by atoms with van der Waals surface area (Å²) in [6.07, 6.45) is 7.10. The van der Waals surface area contributed by atoms with Crippen LogP contribution in [0.25, 0.3) is 0 Å². The van der Waals surface area contributed by atoms with E-state index in [0.29, 0.717) is 19.8 Å². The molecule has 3 aromatic carbocycles. The summed E-state index contributed by atoms with van der Waals surface area (Å²) in [5, 5.41) is 12.0. The molecule has 0 saturated carbocycles. The molecule has 4 heteroatoms. The van der Waals surface area contributed by atoms with E-state index in [4.69, 9.17) is 14.6 Å². The van der Waals surface area contributed by atoms with Gasteiger partial charge in [-0.15, -0.1) is 0 Å². The van der Waals surface area contributed by atoms with Crippen molar-refractivity contribution in [3.05, 3.63) is 95.6 Å². The maximum absolute atomic E-state index is 8.78. The number of hydrogen-bond acceptors (Lipinski definition) is 4. The molecule has 0 fully saturated rings. The first-order valence-electron chi connectivity index (χ1n) is 12.1. The molecule has 0 aromatic heterocycles. The summed E-state index contributed by atoms with van der Waals surface area (Å²) in [7, 11) is 0. The Hall–Kier alpha value is -2.82. The van der Waals surface area contributed by atoms with Gasteiger partial charge in [-0.2, -0.15) is 0 Å². The third-order valence-corrected chi connectivity index (χ3v) is 5.59. The zero-order chi connectivity index (χ0) is 23.0. The summed E-state index contributed by atoms with van der Waals surface area (Å²) < 4.78 is 12.3. The van der Waals surface area contributed by atoms with Crippen LogP contribution < -0.4 is 14.8 Å². The molecular formula is C29H37NO3. The van der Waals surface area contributed by atoms with E-state index in [-0.39, 0.29) is 6.61 Å². The quantitative estimate of drug-likeness (QED) is 0.268. The predicted octanol–water partition coefficient (Wildman–Crippen LogP) is 5.92. The fourth-order valence-corrected chi connectivity index (χ4v) is 3.72. The first kappa shape index (κ1) is 24.8. The minimum Gasteiger partial charge on any atom is -0.485 e. The number of benzene rings is 3. The first-order chi connectivity index (χ1) is 16.3. The van der Waals surface area contributed by atoms with Crippen molar-refractivity contribution in [1.82, 2.24) is 5.32 Å². The van der Waals surface area contributed by atoms with Gasteiger partial charge in [-0.3, -0.25) is 0 Å². The first-order valence-corrected chi connectivity index (χ1v) is 12.1. The second kappa shape index (κ2) is 15.1. The zero-order valence-electron chi connectivity index (χ0n) is 19.5. The van der Waals surface area contributed by atoms with Crippen molar-refractivity contribution in [2.75, 3.05) is 19.7 Å². The highest BCUT2D eigenvalue weighted by Crippen LogP contribution is 2.31. The van der Waals surface area contributed by atoms with Crippen LogP contribution in [0.15, 0.2) is 78.9 Å². The van der Waals surface area contributed by atoms with Crippen molar-refractivity contribution in [2.45, 2.75) is 51.7 Å². The summed E-state index contributed by atoms with van der Waals surface area (Å²) >= 11 is 0. The Bertz CT molecular complexity index is 899. The third kappa shape index (κ3) is 9.68. The lowest BCUT2D eigenvalue weighted by Gasteiger charge is -2.15. The number of nitrogens with one attached hydrogen (secondary N) is 1. The number of ether oxygens (including phenoxy) is 2. The lowest BCUT2D eigenvalue weighted by atomic mass is 10.0. The fourth-order valence-electron chi connectivity index (χ4n) is 3.72. The van der Waals surface area contributed by atoms with E-state index in [2.05, 4.69) is 41.7 Å². The van der Waals surface area contributed by atoms with Gasteiger partial charge in [0.05, 0.1) is 6.61 Å². The molecule has 0 radical (unpaired) electrons. The molecule has 0 aliphatic carbocycles. The van der Waals surface area contributed by atoms with Crippen molar-refractivity contribution >= 4 is 0 Å². The minimum atomic E-state index is 0.215. The Morgan fingerprint density at radius 3 is 1.85 bits per heavy atom. The van der Waals surface area contributed by atoms with Gasteiger partial charge in [0.1, 0.15) is 13.2 Å². The molecule has 3 aromatic rings. The van der Waals surface area contributed by atoms with Gasteiger partial charge in [-0.1, -0.05) is 86.0 Å². The average Bonchev–Trinajstić information content (AvgIpc) is 2.87. The van der Waals surface area contributed by atoms with Crippen LogP contribution in [0.3, 0.4) is 0 Å². The summed E-state index contributed by atoms with van der Waals surface area (Å²) in [6.45, 7) is 2.95. The molecule has 3 rings (SSSR count). The highest BCUT2D eigenvalue weighted by atomic mass is 16.5. The molecule has 0 heterocycles. The van der Waals surface area contributed by atoms with Crippen molar-refractivity contribution in [1.29, 1.82) is 0 Å². The van der Waals surface area contributed by atoms with Crippen molar-refractivity contribution < 1.29 is 14.6 Å². The van der Waals surface area contributed by atoms with E-state index in [1.54, 1.807) is 0 Å². The molecule has 0 aliphatic heterocycles. The van der Waals surface area contributed by atoms with Crippen LogP contribution in [0.4, 0.5) is 0 Å². The fraction of sp³-hybridized carbons (Fsp3) is 0.379. The normalized spacial score (nSPS) is 10.8. The number of aryl methyl sites for hydroxylation is 1. The molecule has 33 heavy (non-hydrogen) atoms. The maximum Gasteiger partial charge on any atom is 0.161 e. The molecule has 0 unspecified atom stereocenters. The van der Waals surface area contributed by atoms with E-state index >= 15 is 0 Å². The average molecular weight is 448 g/mol. The Labute approximate surface area is 198 Å². The molecule has 176 valence electrons. The topological polar surface area (TPSA) is 50.7 Å². The van der Waals surface area contributed by atoms with Crippen molar-refractivity contribution in [2.24, 2.45) is 0 Å². The Kier molecular flexibility index (Phi) is 11.4. The smallest absolute Gasteiger partial charge is 0.161 e. The third-order valence-electron chi connectivity index (χ3n) is 5.59. The summed E-state index contributed by atoms with van der Waals surface area (Å²) in [4.78, 5) is 0. The Morgan fingerprint density at radius 1 is 0.576 bits per heavy atom. The largest absolute Gasteiger partial charge is 0.485 e. The van der Waals surface area contributed by atoms with Gasteiger partial charge in [0, 0.05) is 6.54 Å². The summed E-state index contributed by atoms with van der Waals surface area (Å²) in [6, 6.07) is 26.8. The van der Waals surface area contributed by atoms with Gasteiger partial charge in [0.2, 0.25) is 0 Å². The van der Waals surface area contributed by atoms with E-state index < -0.39 is 0 Å². The lowest BCUT2D eigenvalue weighted by molar-refractivity contribution is 0.255. The second-order valence-electron chi connectivity index (χ2n) is 8.32. The number of aliphatic hydroxyl groups excluding tert-OH is 1. The maximum atomic E-state index is 8.78. The lowest BCUT2D eigenvalue weighted by Crippen LogP contribution is -2.19. The molecule has 0 spiro atoms. The highest BCUT2D eigenvalue weighted by Gasteiger charge is 2.08. The molecule has 2 N–H and O–H groups in total. The molecule has 0 aliphatic rings. The number of unbranched alkanes of at least 4 members (excludes halogenated alkanes) is 4. The van der Waals surface area contributed by atoms with Gasteiger partial charge in [0.15, 0.2) is 11.5 Å². The summed E-state index contributed by atoms with van der Waals surface area (Å²) in [5.74, 6) is 1.59. The Balaban J connectivity index is 1.51. The SMILES string of the molecule is OCCNCCCCCCCc1ccc(OCc2ccccc2)c(OCc2ccccc2)c1. The zero-order valence-corrected chi connectivity index (χ0v) is 19.5. The molecule has 4 nitrogen and oxygen atoms in total. The van der Waals surface area contributed by atoms with Gasteiger partial charge < -0.3 is 19.9 Å². The van der Waals surface area contributed by atoms with Crippen molar-refractivity contribution in [3.8, 4) is 11.5 Å². The van der Waals surface area contributed by atoms with E-state index in [0.717, 1.165) is 35.6 Å². The monoisotopic (exact) mass is 447 g/mol. The van der Waals surface area contributed by atoms with Gasteiger partial charge >= 0.3 is 0 Å². The van der Waals surface area contributed by atoms with Crippen LogP contribution in [0, 0.1) is 0 Å². The van der Waals surface area contributed by atoms with Crippen LogP contribution in [-0.4, -0.2) is 24.8 Å². The standard InChI is InChI=1S/C29H37NO3/c31-21-20-30-19-11-3-1-2-6-12-25-17-18-28(32-23-26-13-7-4-8-14-26)29(22-25)33-24-27-15-9-5-10-16-27/h4-5,7-10,13-18,22,30-31H,1-3,6,11-12,19-21,23-24H2. The predicted molar refractivity (Wildman–Crippen MR) is 135 cm³/mol. The van der Waals surface area contributed by atoms with Crippen molar-refractivity contribution in [3.63, 3.8) is 0 Å². The van der Waals surface area contributed by atoms with Crippen LogP contribution >= 0.6 is 0 Å². The highest BCUT2D eigenvalue weighted by molar-refractivity contribution is 5.43. The van der Waals surface area contributed by atoms with Gasteiger partial charge in [0.25, 0.3) is 0 Å². The van der Waals surface area contributed by atoms with Crippen LogP contribution in [0.1, 0.15) is 48.8 Å². The van der Waals surface area contributed by atoms with E-state index in [9.17, 15) is 0 Å². The van der Waals surface area contributed by atoms with Crippen LogP contribution in [0.2, 0.25) is 0 Å². The molecule has 0 amide bonds. The summed E-state index contributed by atoms with van der Waals surface area (Å²) in [5.41, 5.74) is 3.57.